The largest absolute Gasteiger partial charge is 0.444 e. The van der Waals surface area contributed by atoms with Gasteiger partial charge in [-0.15, -0.1) is 0 Å². The number of ether oxygens (including phenoxy) is 5. The molecule has 238 valence electrons. The Kier molecular flexibility index (Phi) is 11.4. The van der Waals surface area contributed by atoms with Gasteiger partial charge >= 0.3 is 12.2 Å². The van der Waals surface area contributed by atoms with E-state index in [1.807, 2.05) is 0 Å². The number of carbonyl (C=O) groups excluding carboxylic acids is 3. The van der Waals surface area contributed by atoms with Crippen molar-refractivity contribution in [1.82, 2.24) is 15.5 Å². The van der Waals surface area contributed by atoms with Crippen LogP contribution in [0.5, 0.6) is 0 Å². The molecule has 2 fully saturated rings. The molecule has 1 saturated heterocycles. The SMILES string of the molecule is CO[C@H]1[C@H](O)[C@@H](O[C@H]2OC[C@](C)(O)[C@H](N(C)C(=O)OC(C)(C)C)[C@H]2O)[C@H](NC(=O)CO)C[C@@H]1NC(=O)OC(C)(C)C. The minimum Gasteiger partial charge on any atom is -0.444 e. The summed E-state index contributed by atoms with van der Waals surface area (Å²) in [6, 6.07) is -3.10. The molecule has 0 radical (unpaired) electrons. The van der Waals surface area contributed by atoms with Gasteiger partial charge < -0.3 is 59.6 Å². The molecule has 41 heavy (non-hydrogen) atoms. The van der Waals surface area contributed by atoms with Crippen LogP contribution >= 0.6 is 0 Å². The molecule has 0 aromatic carbocycles. The number of hydrogen-bond donors (Lipinski definition) is 6. The summed E-state index contributed by atoms with van der Waals surface area (Å²) in [7, 11) is 2.67. The predicted octanol–water partition coefficient (Wildman–Crippen LogP) is -0.775. The van der Waals surface area contributed by atoms with E-state index in [9.17, 15) is 34.8 Å². The van der Waals surface area contributed by atoms with E-state index in [-0.39, 0.29) is 13.0 Å². The van der Waals surface area contributed by atoms with E-state index in [2.05, 4.69) is 10.6 Å². The maximum Gasteiger partial charge on any atom is 0.410 e. The third-order valence-corrected chi connectivity index (χ3v) is 6.61. The molecule has 1 aliphatic carbocycles. The molecule has 1 aliphatic heterocycles. The minimum atomic E-state index is -1.71. The number of methoxy groups -OCH3 is 1. The predicted molar refractivity (Wildman–Crippen MR) is 143 cm³/mol. The van der Waals surface area contributed by atoms with E-state index in [0.29, 0.717) is 0 Å². The van der Waals surface area contributed by atoms with Gasteiger partial charge in [-0.3, -0.25) is 4.79 Å². The maximum absolute atomic E-state index is 12.8. The highest BCUT2D eigenvalue weighted by molar-refractivity contribution is 5.77. The Balaban J connectivity index is 2.32. The molecule has 15 heteroatoms. The smallest absolute Gasteiger partial charge is 0.410 e. The Morgan fingerprint density at radius 3 is 2.05 bits per heavy atom. The number of alkyl carbamates (subject to hydrolysis) is 1. The second kappa shape index (κ2) is 13.4. The van der Waals surface area contributed by atoms with Gasteiger partial charge in [0, 0.05) is 14.2 Å². The van der Waals surface area contributed by atoms with Gasteiger partial charge in [0.1, 0.15) is 47.8 Å². The Labute approximate surface area is 240 Å². The summed E-state index contributed by atoms with van der Waals surface area (Å²) < 4.78 is 27.8. The standard InChI is InChI=1S/C26H47N3O12/c1-24(2,3)40-22(34)28-13-10-14(27-15(31)11-30)19(16(32)18(13)37-9)39-21-17(33)20(26(7,36)12-38-21)29(8)23(35)41-25(4,5)6/h13-14,16-21,30,32-33,36H,10-12H2,1-9H3,(H,27,31)(H,28,34)/t13-,14+,16-,17+,18+,19-,20+,21+,26-/m0/s1. The van der Waals surface area contributed by atoms with Crippen LogP contribution in [0.25, 0.3) is 0 Å². The first-order chi connectivity index (χ1) is 18.7. The highest BCUT2D eigenvalue weighted by Gasteiger charge is 2.54. The highest BCUT2D eigenvalue weighted by Crippen LogP contribution is 2.33. The number of aliphatic hydroxyl groups is 4. The number of likely N-dealkylation sites (N-methyl/N-ethyl adjacent to an activating group) is 1. The van der Waals surface area contributed by atoms with Crippen LogP contribution in [-0.2, 0) is 28.5 Å². The number of rotatable bonds is 7. The van der Waals surface area contributed by atoms with Crippen molar-refractivity contribution in [2.75, 3.05) is 27.4 Å². The maximum atomic E-state index is 12.8. The normalized spacial score (nSPS) is 34.4. The lowest BCUT2D eigenvalue weighted by molar-refractivity contribution is -0.306. The topological polar surface area (TPSA) is 206 Å². The first kappa shape index (κ1) is 34.9. The Morgan fingerprint density at radius 2 is 1.54 bits per heavy atom. The molecular weight excluding hydrogens is 546 g/mol. The molecule has 0 unspecified atom stereocenters. The van der Waals surface area contributed by atoms with Gasteiger partial charge in [0.25, 0.3) is 0 Å². The molecule has 0 aromatic rings. The summed E-state index contributed by atoms with van der Waals surface area (Å²) in [6.07, 6.45) is -8.51. The summed E-state index contributed by atoms with van der Waals surface area (Å²) in [6.45, 7) is 10.2. The molecule has 0 bridgehead atoms. The Bertz CT molecular complexity index is 918. The van der Waals surface area contributed by atoms with E-state index in [1.165, 1.54) is 21.1 Å². The van der Waals surface area contributed by atoms with E-state index in [1.54, 1.807) is 41.5 Å². The quantitative estimate of drug-likeness (QED) is 0.215. The number of nitrogens with zero attached hydrogens (tertiary/aromatic N) is 1. The van der Waals surface area contributed by atoms with E-state index < -0.39 is 90.3 Å². The molecule has 2 rings (SSSR count). The van der Waals surface area contributed by atoms with Crippen molar-refractivity contribution < 1.29 is 58.5 Å². The molecule has 3 amide bonds. The van der Waals surface area contributed by atoms with Crippen molar-refractivity contribution in [1.29, 1.82) is 0 Å². The van der Waals surface area contributed by atoms with E-state index in [4.69, 9.17) is 23.7 Å². The van der Waals surface area contributed by atoms with E-state index >= 15 is 0 Å². The van der Waals surface area contributed by atoms with Crippen molar-refractivity contribution in [3.63, 3.8) is 0 Å². The fraction of sp³-hybridized carbons (Fsp3) is 0.885. The van der Waals surface area contributed by atoms with Crippen molar-refractivity contribution in [2.45, 2.75) is 121 Å². The zero-order valence-corrected chi connectivity index (χ0v) is 25.2. The lowest BCUT2D eigenvalue weighted by Crippen LogP contribution is -2.70. The molecule has 15 nitrogen and oxygen atoms in total. The third-order valence-electron chi connectivity index (χ3n) is 6.61. The van der Waals surface area contributed by atoms with E-state index in [0.717, 1.165) is 4.90 Å². The van der Waals surface area contributed by atoms with Crippen LogP contribution in [0.15, 0.2) is 0 Å². The summed E-state index contributed by atoms with van der Waals surface area (Å²) in [4.78, 5) is 38.5. The summed E-state index contributed by atoms with van der Waals surface area (Å²) in [5, 5.41) is 48.0. The highest BCUT2D eigenvalue weighted by atomic mass is 16.7. The molecule has 2 aliphatic rings. The van der Waals surface area contributed by atoms with Crippen LogP contribution in [0.1, 0.15) is 54.9 Å². The minimum absolute atomic E-state index is 0.0208. The van der Waals surface area contributed by atoms with Gasteiger partial charge in [0.05, 0.1) is 24.7 Å². The van der Waals surface area contributed by atoms with Crippen LogP contribution < -0.4 is 10.6 Å². The molecule has 1 heterocycles. The molecule has 9 atom stereocenters. The van der Waals surface area contributed by atoms with Crippen LogP contribution in [0.2, 0.25) is 0 Å². The second-order valence-electron chi connectivity index (χ2n) is 12.7. The second-order valence-corrected chi connectivity index (χ2v) is 12.7. The fourth-order valence-electron chi connectivity index (χ4n) is 5.00. The lowest BCUT2D eigenvalue weighted by Gasteiger charge is -2.50. The summed E-state index contributed by atoms with van der Waals surface area (Å²) >= 11 is 0. The number of hydrogen-bond acceptors (Lipinski definition) is 12. The molecule has 0 spiro atoms. The molecule has 1 saturated carbocycles. The van der Waals surface area contributed by atoms with Crippen LogP contribution in [-0.4, -0.2) is 136 Å². The average molecular weight is 594 g/mol. The summed E-state index contributed by atoms with van der Waals surface area (Å²) in [5.41, 5.74) is -3.35. The average Bonchev–Trinajstić information content (AvgIpc) is 2.80. The fourth-order valence-corrected chi connectivity index (χ4v) is 5.00. The Hall–Kier alpha value is -2.27. The van der Waals surface area contributed by atoms with Gasteiger partial charge in [0.15, 0.2) is 6.29 Å². The van der Waals surface area contributed by atoms with Gasteiger partial charge in [-0.2, -0.15) is 0 Å². The summed E-state index contributed by atoms with van der Waals surface area (Å²) in [5.74, 6) is -0.779. The van der Waals surface area contributed by atoms with Gasteiger partial charge in [0.2, 0.25) is 5.91 Å². The number of amides is 3. The van der Waals surface area contributed by atoms with Crippen LogP contribution in [0.4, 0.5) is 9.59 Å². The Morgan fingerprint density at radius 1 is 0.976 bits per heavy atom. The lowest BCUT2D eigenvalue weighted by atomic mass is 9.83. The van der Waals surface area contributed by atoms with Crippen molar-refractivity contribution in [2.24, 2.45) is 0 Å². The third kappa shape index (κ3) is 9.36. The number of aliphatic hydroxyl groups excluding tert-OH is 3. The van der Waals surface area contributed by atoms with Gasteiger partial charge in [-0.1, -0.05) is 0 Å². The van der Waals surface area contributed by atoms with Crippen molar-refractivity contribution >= 4 is 18.1 Å². The zero-order valence-electron chi connectivity index (χ0n) is 25.2. The monoisotopic (exact) mass is 593 g/mol. The first-order valence-corrected chi connectivity index (χ1v) is 13.4. The first-order valence-electron chi connectivity index (χ1n) is 13.4. The number of nitrogens with one attached hydrogen (secondary N) is 2. The van der Waals surface area contributed by atoms with Crippen LogP contribution in [0.3, 0.4) is 0 Å². The molecule has 6 N–H and O–H groups in total. The zero-order chi connectivity index (χ0) is 31.5. The van der Waals surface area contributed by atoms with Gasteiger partial charge in [-0.25, -0.2) is 9.59 Å². The van der Waals surface area contributed by atoms with Crippen molar-refractivity contribution in [3.8, 4) is 0 Å². The van der Waals surface area contributed by atoms with Crippen LogP contribution in [0, 0.1) is 0 Å². The van der Waals surface area contributed by atoms with Gasteiger partial charge in [-0.05, 0) is 54.9 Å². The van der Waals surface area contributed by atoms with Crippen molar-refractivity contribution in [3.05, 3.63) is 0 Å². The number of carbonyl (C=O) groups is 3. The molecular formula is C26H47N3O12. The molecule has 0 aromatic heterocycles.